The Bertz CT molecular complexity index is 1050. The van der Waals surface area contributed by atoms with Crippen molar-refractivity contribution < 1.29 is 0 Å². The SMILES string of the molecule is Cc1cccc(N2CCN(c3ccnc(Nc4ccccc4C#N)n3)CC2)c1C. The highest BCUT2D eigenvalue weighted by Gasteiger charge is 2.20. The summed E-state index contributed by atoms with van der Waals surface area (Å²) in [6.45, 7) is 8.06. The molecule has 0 radical (unpaired) electrons. The minimum Gasteiger partial charge on any atom is -0.368 e. The Hall–Kier alpha value is -3.59. The lowest BCUT2D eigenvalue weighted by Gasteiger charge is -2.37. The standard InChI is InChI=1S/C23H24N6/c1-17-6-5-9-21(18(17)2)28-12-14-29(15-13-28)22-10-11-25-23(27-22)26-20-8-4-3-7-19(20)16-24/h3-11H,12-15H2,1-2H3,(H,25,26,27). The van der Waals surface area contributed by atoms with Gasteiger partial charge in [-0.3, -0.25) is 0 Å². The van der Waals surface area contributed by atoms with Crippen LogP contribution in [-0.4, -0.2) is 36.1 Å². The van der Waals surface area contributed by atoms with Crippen LogP contribution in [-0.2, 0) is 0 Å². The molecule has 0 aliphatic carbocycles. The van der Waals surface area contributed by atoms with Crippen LogP contribution in [0.15, 0.2) is 54.7 Å². The minimum atomic E-state index is 0.502. The average Bonchev–Trinajstić information content (AvgIpc) is 2.76. The highest BCUT2D eigenvalue weighted by molar-refractivity contribution is 5.63. The smallest absolute Gasteiger partial charge is 0.229 e. The predicted molar refractivity (Wildman–Crippen MR) is 117 cm³/mol. The van der Waals surface area contributed by atoms with Gasteiger partial charge in [0.25, 0.3) is 0 Å². The molecule has 0 unspecified atom stereocenters. The fourth-order valence-electron chi connectivity index (χ4n) is 3.65. The molecule has 1 aromatic heterocycles. The van der Waals surface area contributed by atoms with Crippen LogP contribution in [0.1, 0.15) is 16.7 Å². The number of hydrogen-bond donors (Lipinski definition) is 1. The van der Waals surface area contributed by atoms with Crippen molar-refractivity contribution in [3.8, 4) is 6.07 Å². The molecule has 0 amide bonds. The van der Waals surface area contributed by atoms with Gasteiger partial charge in [0.05, 0.1) is 11.3 Å². The minimum absolute atomic E-state index is 0.502. The summed E-state index contributed by atoms with van der Waals surface area (Å²) in [4.78, 5) is 13.7. The zero-order chi connectivity index (χ0) is 20.2. The molecule has 0 saturated carbocycles. The normalized spacial score (nSPS) is 13.8. The number of para-hydroxylation sites is 1. The van der Waals surface area contributed by atoms with Gasteiger partial charge in [0.1, 0.15) is 11.9 Å². The second kappa shape index (κ2) is 8.19. The maximum Gasteiger partial charge on any atom is 0.229 e. The van der Waals surface area contributed by atoms with E-state index in [1.165, 1.54) is 16.8 Å². The molecule has 1 fully saturated rings. The lowest BCUT2D eigenvalue weighted by Crippen LogP contribution is -2.47. The molecule has 4 rings (SSSR count). The molecule has 6 heteroatoms. The van der Waals surface area contributed by atoms with Crippen LogP contribution < -0.4 is 15.1 Å². The Kier molecular flexibility index (Phi) is 5.30. The number of nitrogens with zero attached hydrogens (tertiary/aromatic N) is 5. The monoisotopic (exact) mass is 384 g/mol. The molecule has 0 atom stereocenters. The first-order valence-corrected chi connectivity index (χ1v) is 9.81. The first-order valence-electron chi connectivity index (χ1n) is 9.81. The van der Waals surface area contributed by atoms with Crippen molar-refractivity contribution in [3.05, 3.63) is 71.4 Å². The molecular formula is C23H24N6. The summed E-state index contributed by atoms with van der Waals surface area (Å²) in [5.74, 6) is 1.40. The summed E-state index contributed by atoms with van der Waals surface area (Å²) >= 11 is 0. The van der Waals surface area contributed by atoms with Crippen molar-refractivity contribution in [2.45, 2.75) is 13.8 Å². The molecule has 3 aromatic rings. The summed E-state index contributed by atoms with van der Waals surface area (Å²) in [7, 11) is 0. The molecular weight excluding hydrogens is 360 g/mol. The highest BCUT2D eigenvalue weighted by atomic mass is 15.3. The number of benzene rings is 2. The first-order chi connectivity index (χ1) is 14.2. The number of hydrogen-bond acceptors (Lipinski definition) is 6. The zero-order valence-electron chi connectivity index (χ0n) is 16.8. The fraction of sp³-hybridized carbons (Fsp3) is 0.261. The number of rotatable bonds is 4. The van der Waals surface area contributed by atoms with Crippen LogP contribution in [0.5, 0.6) is 0 Å². The summed E-state index contributed by atoms with van der Waals surface area (Å²) in [5, 5.41) is 12.4. The second-order valence-electron chi connectivity index (χ2n) is 7.21. The molecule has 1 aliphatic rings. The maximum absolute atomic E-state index is 9.27. The van der Waals surface area contributed by atoms with Crippen molar-refractivity contribution in [1.82, 2.24) is 9.97 Å². The van der Waals surface area contributed by atoms with E-state index in [0.29, 0.717) is 17.2 Å². The van der Waals surface area contributed by atoms with Crippen LogP contribution in [0.3, 0.4) is 0 Å². The number of aryl methyl sites for hydroxylation is 1. The Morgan fingerprint density at radius 1 is 0.931 bits per heavy atom. The van der Waals surface area contributed by atoms with Gasteiger partial charge in [-0.25, -0.2) is 4.98 Å². The quantitative estimate of drug-likeness (QED) is 0.732. The topological polar surface area (TPSA) is 68.1 Å². The van der Waals surface area contributed by atoms with Crippen LogP contribution >= 0.6 is 0 Å². The lowest BCUT2D eigenvalue weighted by molar-refractivity contribution is 0.646. The molecule has 1 aliphatic heterocycles. The van der Waals surface area contributed by atoms with Gasteiger partial charge < -0.3 is 15.1 Å². The van der Waals surface area contributed by atoms with Gasteiger partial charge in [0, 0.05) is 38.1 Å². The number of piperazine rings is 1. The summed E-state index contributed by atoms with van der Waals surface area (Å²) in [6.07, 6.45) is 1.76. The van der Waals surface area contributed by atoms with Gasteiger partial charge in [-0.2, -0.15) is 10.2 Å². The van der Waals surface area contributed by atoms with E-state index in [-0.39, 0.29) is 0 Å². The molecule has 0 spiro atoms. The molecule has 29 heavy (non-hydrogen) atoms. The van der Waals surface area contributed by atoms with Crippen LogP contribution in [0, 0.1) is 25.2 Å². The summed E-state index contributed by atoms with van der Waals surface area (Å²) in [6, 6.07) is 18.0. The predicted octanol–water partition coefficient (Wildman–Crippen LogP) is 4.04. The van der Waals surface area contributed by atoms with E-state index in [1.54, 1.807) is 12.3 Å². The lowest BCUT2D eigenvalue weighted by atomic mass is 10.1. The second-order valence-corrected chi connectivity index (χ2v) is 7.21. The summed E-state index contributed by atoms with van der Waals surface area (Å²) in [5.41, 5.74) is 5.29. The zero-order valence-corrected chi connectivity index (χ0v) is 16.8. The van der Waals surface area contributed by atoms with Gasteiger partial charge >= 0.3 is 0 Å². The molecule has 6 nitrogen and oxygen atoms in total. The van der Waals surface area contributed by atoms with E-state index >= 15 is 0 Å². The highest BCUT2D eigenvalue weighted by Crippen LogP contribution is 2.25. The molecule has 2 aromatic carbocycles. The van der Waals surface area contributed by atoms with Gasteiger partial charge in [0.15, 0.2) is 0 Å². The molecule has 1 N–H and O–H groups in total. The van der Waals surface area contributed by atoms with E-state index in [1.807, 2.05) is 24.3 Å². The van der Waals surface area contributed by atoms with Gasteiger partial charge in [-0.05, 0) is 49.2 Å². The Morgan fingerprint density at radius 2 is 1.69 bits per heavy atom. The van der Waals surface area contributed by atoms with E-state index in [2.05, 4.69) is 63.2 Å². The maximum atomic E-state index is 9.27. The third-order valence-corrected chi connectivity index (χ3v) is 5.46. The number of aromatic nitrogens is 2. The Balaban J connectivity index is 1.46. The molecule has 1 saturated heterocycles. The van der Waals surface area contributed by atoms with E-state index < -0.39 is 0 Å². The fourth-order valence-corrected chi connectivity index (χ4v) is 3.65. The Morgan fingerprint density at radius 3 is 2.48 bits per heavy atom. The first kappa shape index (κ1) is 18.8. The van der Waals surface area contributed by atoms with Crippen molar-refractivity contribution in [2.75, 3.05) is 41.3 Å². The van der Waals surface area contributed by atoms with Crippen LogP contribution in [0.2, 0.25) is 0 Å². The van der Waals surface area contributed by atoms with Crippen LogP contribution in [0.25, 0.3) is 0 Å². The van der Waals surface area contributed by atoms with Crippen molar-refractivity contribution in [1.29, 1.82) is 5.26 Å². The van der Waals surface area contributed by atoms with Crippen molar-refractivity contribution in [3.63, 3.8) is 0 Å². The van der Waals surface area contributed by atoms with E-state index in [9.17, 15) is 5.26 Å². The number of anilines is 4. The third kappa shape index (κ3) is 3.99. The summed E-state index contributed by atoms with van der Waals surface area (Å²) < 4.78 is 0. The Labute approximate surface area is 171 Å². The van der Waals surface area contributed by atoms with Gasteiger partial charge in [-0.1, -0.05) is 24.3 Å². The number of nitrogens with one attached hydrogen (secondary N) is 1. The van der Waals surface area contributed by atoms with Crippen molar-refractivity contribution >= 4 is 23.1 Å². The van der Waals surface area contributed by atoms with Gasteiger partial charge in [-0.15, -0.1) is 0 Å². The molecule has 146 valence electrons. The van der Waals surface area contributed by atoms with E-state index in [4.69, 9.17) is 0 Å². The third-order valence-electron chi connectivity index (χ3n) is 5.46. The van der Waals surface area contributed by atoms with Crippen molar-refractivity contribution in [2.24, 2.45) is 0 Å². The molecule has 2 heterocycles. The average molecular weight is 384 g/mol. The van der Waals surface area contributed by atoms with Gasteiger partial charge in [0.2, 0.25) is 5.95 Å². The van der Waals surface area contributed by atoms with Crippen LogP contribution in [0.4, 0.5) is 23.1 Å². The largest absolute Gasteiger partial charge is 0.368 e. The number of nitriles is 1. The van der Waals surface area contributed by atoms with E-state index in [0.717, 1.165) is 32.0 Å². The molecule has 0 bridgehead atoms.